The van der Waals surface area contributed by atoms with Crippen molar-refractivity contribution in [2.24, 2.45) is 0 Å². The summed E-state index contributed by atoms with van der Waals surface area (Å²) in [5, 5.41) is 2.14. The molecule has 0 bridgehead atoms. The van der Waals surface area contributed by atoms with Gasteiger partial charge in [-0.25, -0.2) is 18.1 Å². The number of sulfonamides is 1. The van der Waals surface area contributed by atoms with E-state index >= 15 is 0 Å². The van der Waals surface area contributed by atoms with Gasteiger partial charge in [0.15, 0.2) is 0 Å². The van der Waals surface area contributed by atoms with Crippen molar-refractivity contribution < 1.29 is 22.8 Å². The number of carbonyl (C=O) groups is 3. The van der Waals surface area contributed by atoms with Crippen molar-refractivity contribution in [2.45, 2.75) is 38.0 Å². The summed E-state index contributed by atoms with van der Waals surface area (Å²) < 4.78 is 25.8. The molecule has 1 N–H and O–H groups in total. The van der Waals surface area contributed by atoms with E-state index in [1.165, 1.54) is 4.31 Å². The SMILES string of the molecule is CC(C)S(=O)(=O)N1CCN(C(=O)CC[C@@H]2NC(=O)N(c3ccccc3)C2=O)CC1. The van der Waals surface area contributed by atoms with Gasteiger partial charge in [-0.3, -0.25) is 9.59 Å². The number of anilines is 1. The van der Waals surface area contributed by atoms with Crippen LogP contribution in [0, 0.1) is 0 Å². The second kappa shape index (κ2) is 8.50. The number of hydrogen-bond acceptors (Lipinski definition) is 5. The van der Waals surface area contributed by atoms with Crippen molar-refractivity contribution in [2.75, 3.05) is 31.1 Å². The van der Waals surface area contributed by atoms with E-state index in [1.54, 1.807) is 49.1 Å². The van der Waals surface area contributed by atoms with Gasteiger partial charge in [0.05, 0.1) is 10.9 Å². The van der Waals surface area contributed by atoms with Gasteiger partial charge in [0.25, 0.3) is 5.91 Å². The van der Waals surface area contributed by atoms with Crippen molar-refractivity contribution >= 4 is 33.6 Å². The lowest BCUT2D eigenvalue weighted by atomic mass is 10.1. The number of benzene rings is 1. The first-order chi connectivity index (χ1) is 13.7. The molecule has 1 atom stereocenters. The van der Waals surface area contributed by atoms with Gasteiger partial charge >= 0.3 is 6.03 Å². The lowest BCUT2D eigenvalue weighted by Crippen LogP contribution is -2.52. The molecule has 29 heavy (non-hydrogen) atoms. The second-order valence-electron chi connectivity index (χ2n) is 7.42. The normalized spacial score (nSPS) is 21.0. The molecular weight excluding hydrogens is 396 g/mol. The van der Waals surface area contributed by atoms with Crippen molar-refractivity contribution in [3.05, 3.63) is 30.3 Å². The van der Waals surface area contributed by atoms with E-state index in [0.717, 1.165) is 4.90 Å². The van der Waals surface area contributed by atoms with Gasteiger partial charge in [0, 0.05) is 32.6 Å². The molecule has 2 aliphatic rings. The molecule has 3 rings (SSSR count). The van der Waals surface area contributed by atoms with E-state index in [-0.39, 0.29) is 37.7 Å². The van der Waals surface area contributed by atoms with Crippen LogP contribution in [0.25, 0.3) is 0 Å². The summed E-state index contributed by atoms with van der Waals surface area (Å²) in [7, 11) is -3.32. The molecule has 1 aromatic rings. The Balaban J connectivity index is 1.52. The van der Waals surface area contributed by atoms with Gasteiger partial charge in [0.1, 0.15) is 6.04 Å². The number of imide groups is 1. The van der Waals surface area contributed by atoms with Crippen LogP contribution in [0.5, 0.6) is 0 Å². The predicted molar refractivity (Wildman–Crippen MR) is 108 cm³/mol. The zero-order valence-electron chi connectivity index (χ0n) is 16.6. The highest BCUT2D eigenvalue weighted by Crippen LogP contribution is 2.21. The highest BCUT2D eigenvalue weighted by atomic mass is 32.2. The summed E-state index contributed by atoms with van der Waals surface area (Å²) in [4.78, 5) is 39.9. The summed E-state index contributed by atoms with van der Waals surface area (Å²) in [6, 6.07) is 7.40. The van der Waals surface area contributed by atoms with Gasteiger partial charge in [-0.05, 0) is 32.4 Å². The minimum Gasteiger partial charge on any atom is -0.340 e. The molecule has 158 valence electrons. The predicted octanol–water partition coefficient (Wildman–Crippen LogP) is 0.774. The number of nitrogens with zero attached hydrogens (tertiary/aromatic N) is 3. The Morgan fingerprint density at radius 3 is 2.31 bits per heavy atom. The standard InChI is InChI=1S/C19H26N4O5S/c1-14(2)29(27,28)22-12-10-21(11-13-22)17(24)9-8-16-18(25)23(19(26)20-16)15-6-4-3-5-7-15/h3-7,14,16H,8-13H2,1-2H3,(H,20,26)/t16-/m0/s1. The number of rotatable bonds is 6. The summed E-state index contributed by atoms with van der Waals surface area (Å²) in [6.45, 7) is 4.47. The monoisotopic (exact) mass is 422 g/mol. The van der Waals surface area contributed by atoms with E-state index in [9.17, 15) is 22.8 Å². The third kappa shape index (κ3) is 4.43. The minimum atomic E-state index is -3.32. The van der Waals surface area contributed by atoms with Gasteiger partial charge < -0.3 is 10.2 Å². The highest BCUT2D eigenvalue weighted by molar-refractivity contribution is 7.89. The molecule has 0 aliphatic carbocycles. The molecule has 1 aromatic carbocycles. The lowest BCUT2D eigenvalue weighted by Gasteiger charge is -2.35. The molecule has 2 saturated heterocycles. The highest BCUT2D eigenvalue weighted by Gasteiger charge is 2.39. The van der Waals surface area contributed by atoms with Crippen LogP contribution in [-0.4, -0.2) is 72.9 Å². The Hall–Kier alpha value is -2.46. The maximum atomic E-state index is 12.6. The van der Waals surface area contributed by atoms with Crippen molar-refractivity contribution in [1.82, 2.24) is 14.5 Å². The maximum Gasteiger partial charge on any atom is 0.329 e. The van der Waals surface area contributed by atoms with Crippen LogP contribution >= 0.6 is 0 Å². The van der Waals surface area contributed by atoms with Crippen LogP contribution in [0.1, 0.15) is 26.7 Å². The smallest absolute Gasteiger partial charge is 0.329 e. The first-order valence-electron chi connectivity index (χ1n) is 9.68. The molecule has 10 heteroatoms. The third-order valence-electron chi connectivity index (χ3n) is 5.23. The Labute approximate surface area is 170 Å². The van der Waals surface area contributed by atoms with E-state index in [1.807, 2.05) is 0 Å². The minimum absolute atomic E-state index is 0.107. The zero-order chi connectivity index (χ0) is 21.2. The largest absolute Gasteiger partial charge is 0.340 e. The molecule has 0 saturated carbocycles. The van der Waals surface area contributed by atoms with Crippen LogP contribution < -0.4 is 10.2 Å². The quantitative estimate of drug-likeness (QED) is 0.682. The summed E-state index contributed by atoms with van der Waals surface area (Å²) in [6.07, 6.45) is 0.313. The van der Waals surface area contributed by atoms with Crippen LogP contribution in [0.2, 0.25) is 0 Å². The number of carbonyl (C=O) groups excluding carboxylic acids is 3. The molecule has 0 aromatic heterocycles. The molecule has 2 aliphatic heterocycles. The van der Waals surface area contributed by atoms with Crippen molar-refractivity contribution in [3.8, 4) is 0 Å². The fourth-order valence-electron chi connectivity index (χ4n) is 3.46. The molecular formula is C19H26N4O5S. The molecule has 0 radical (unpaired) electrons. The van der Waals surface area contributed by atoms with Crippen molar-refractivity contribution in [1.29, 1.82) is 0 Å². The average Bonchev–Trinajstić information content (AvgIpc) is 3.00. The van der Waals surface area contributed by atoms with Gasteiger partial charge in [-0.2, -0.15) is 4.31 Å². The van der Waals surface area contributed by atoms with Crippen LogP contribution in [0.4, 0.5) is 10.5 Å². The number of hydrogen-bond donors (Lipinski definition) is 1. The number of piperazine rings is 1. The number of nitrogens with one attached hydrogen (secondary N) is 1. The van der Waals surface area contributed by atoms with Crippen LogP contribution in [-0.2, 0) is 19.6 Å². The fraction of sp³-hybridized carbons (Fsp3) is 0.526. The number of amides is 4. The van der Waals surface area contributed by atoms with E-state index in [2.05, 4.69) is 5.32 Å². The molecule has 0 spiro atoms. The maximum absolute atomic E-state index is 12.6. The van der Waals surface area contributed by atoms with E-state index in [4.69, 9.17) is 0 Å². The Kier molecular flexibility index (Phi) is 6.23. The fourth-order valence-corrected chi connectivity index (χ4v) is 4.73. The zero-order valence-corrected chi connectivity index (χ0v) is 17.4. The third-order valence-corrected chi connectivity index (χ3v) is 7.50. The number of para-hydroxylation sites is 1. The molecule has 9 nitrogen and oxygen atoms in total. The van der Waals surface area contributed by atoms with Gasteiger partial charge in [-0.15, -0.1) is 0 Å². The van der Waals surface area contributed by atoms with Gasteiger partial charge in [0.2, 0.25) is 15.9 Å². The molecule has 0 unspecified atom stereocenters. The Morgan fingerprint density at radius 2 is 1.72 bits per heavy atom. The topological polar surface area (TPSA) is 107 Å². The molecule has 2 heterocycles. The van der Waals surface area contributed by atoms with Gasteiger partial charge in [-0.1, -0.05) is 18.2 Å². The van der Waals surface area contributed by atoms with E-state index < -0.39 is 27.3 Å². The number of urea groups is 1. The molecule has 2 fully saturated rings. The first kappa shape index (κ1) is 21.3. The Morgan fingerprint density at radius 1 is 1.10 bits per heavy atom. The van der Waals surface area contributed by atoms with Crippen LogP contribution in [0.15, 0.2) is 30.3 Å². The average molecular weight is 423 g/mol. The van der Waals surface area contributed by atoms with Crippen molar-refractivity contribution in [3.63, 3.8) is 0 Å². The second-order valence-corrected chi connectivity index (χ2v) is 9.91. The summed E-state index contributed by atoms with van der Waals surface area (Å²) in [5.41, 5.74) is 0.492. The first-order valence-corrected chi connectivity index (χ1v) is 11.2. The van der Waals surface area contributed by atoms with Crippen LogP contribution in [0.3, 0.4) is 0 Å². The summed E-state index contributed by atoms with van der Waals surface area (Å²) >= 11 is 0. The Bertz CT molecular complexity index is 879. The summed E-state index contributed by atoms with van der Waals surface area (Å²) in [5.74, 6) is -0.520. The molecule has 4 amide bonds. The lowest BCUT2D eigenvalue weighted by molar-refractivity contribution is -0.132. The van der Waals surface area contributed by atoms with E-state index in [0.29, 0.717) is 18.8 Å².